The summed E-state index contributed by atoms with van der Waals surface area (Å²) >= 11 is 5.46. The van der Waals surface area contributed by atoms with Gasteiger partial charge in [-0.15, -0.1) is 5.10 Å². The molecule has 1 rings (SSSR count). The van der Waals surface area contributed by atoms with E-state index in [2.05, 4.69) is 5.10 Å². The van der Waals surface area contributed by atoms with E-state index in [1.807, 2.05) is 6.07 Å². The van der Waals surface area contributed by atoms with Crippen LogP contribution in [0.25, 0.3) is 0 Å². The van der Waals surface area contributed by atoms with Crippen LogP contribution >= 0.6 is 11.8 Å². The molecule has 0 saturated carbocycles. The molecule has 0 aliphatic heterocycles. The molecule has 0 bridgehead atoms. The second-order valence-electron chi connectivity index (χ2n) is 1.64. The van der Waals surface area contributed by atoms with E-state index in [9.17, 15) is 0 Å². The molecule has 0 unspecified atom stereocenters. The Morgan fingerprint density at radius 1 is 1.89 bits per heavy atom. The molecule has 46 valence electrons. The van der Waals surface area contributed by atoms with Gasteiger partial charge in [0.1, 0.15) is 6.07 Å². The van der Waals surface area contributed by atoms with Gasteiger partial charge in [0.25, 0.3) is 0 Å². The van der Waals surface area contributed by atoms with E-state index in [4.69, 9.17) is 17.0 Å². The van der Waals surface area contributed by atoms with Crippen LogP contribution in [-0.4, -0.2) is 9.30 Å². The van der Waals surface area contributed by atoms with E-state index in [0.29, 0.717) is 5.69 Å². The van der Waals surface area contributed by atoms with Gasteiger partial charge >= 0.3 is 0 Å². The lowest BCUT2D eigenvalue weighted by molar-refractivity contribution is 0.944. The van der Waals surface area contributed by atoms with Crippen molar-refractivity contribution in [1.82, 2.24) is 9.30 Å². The Labute approximate surface area is 57.6 Å². The van der Waals surface area contributed by atoms with Crippen molar-refractivity contribution in [1.29, 1.82) is 5.26 Å². The van der Waals surface area contributed by atoms with E-state index >= 15 is 0 Å². The first-order valence-electron chi connectivity index (χ1n) is 2.37. The molecule has 0 N–H and O–H groups in total. The molecule has 0 spiro atoms. The molecule has 1 heterocycles. The van der Waals surface area contributed by atoms with E-state index < -0.39 is 0 Å². The van der Waals surface area contributed by atoms with E-state index in [-0.39, 0.29) is 0 Å². The summed E-state index contributed by atoms with van der Waals surface area (Å²) < 4.78 is 1.15. The minimum absolute atomic E-state index is 0.350. The Morgan fingerprint density at radius 2 is 2.56 bits per heavy atom. The number of hydrogen-bond donors (Lipinski definition) is 0. The van der Waals surface area contributed by atoms with Crippen LogP contribution in [0.5, 0.6) is 0 Å². The highest BCUT2D eigenvalue weighted by atomic mass is 35.5. The van der Waals surface area contributed by atoms with Crippen LogP contribution < -0.4 is 0 Å². The highest BCUT2D eigenvalue weighted by Gasteiger charge is 1.98. The predicted molar refractivity (Wildman–Crippen MR) is 32.9 cm³/mol. The topological polar surface area (TPSA) is 41.6 Å². The first kappa shape index (κ1) is 6.12. The van der Waals surface area contributed by atoms with Gasteiger partial charge in [0, 0.05) is 11.8 Å². The number of aromatic nitrogens is 2. The molecule has 0 aliphatic rings. The van der Waals surface area contributed by atoms with Gasteiger partial charge in [0.2, 0.25) is 0 Å². The van der Waals surface area contributed by atoms with Crippen molar-refractivity contribution in [2.24, 2.45) is 0 Å². The van der Waals surface area contributed by atoms with E-state index in [1.165, 1.54) is 0 Å². The molecule has 0 radical (unpaired) electrons. The van der Waals surface area contributed by atoms with Crippen LogP contribution in [0.3, 0.4) is 0 Å². The Hall–Kier alpha value is -1.01. The van der Waals surface area contributed by atoms with Gasteiger partial charge in [-0.2, -0.15) is 9.46 Å². The van der Waals surface area contributed by atoms with Crippen molar-refractivity contribution in [3.63, 3.8) is 0 Å². The summed E-state index contributed by atoms with van der Waals surface area (Å²) in [6.07, 6.45) is 0. The van der Waals surface area contributed by atoms with Crippen molar-refractivity contribution in [2.45, 2.75) is 6.92 Å². The maximum absolute atomic E-state index is 8.29. The third-order valence-electron chi connectivity index (χ3n) is 0.947. The first-order chi connectivity index (χ1) is 4.24. The highest BCUT2D eigenvalue weighted by molar-refractivity contribution is 6.15. The monoisotopic (exact) mass is 141 g/mol. The SMILES string of the molecule is Cc1cc(C#N)nn1Cl. The summed E-state index contributed by atoms with van der Waals surface area (Å²) in [6, 6.07) is 3.49. The summed E-state index contributed by atoms with van der Waals surface area (Å²) in [6.45, 7) is 1.78. The van der Waals surface area contributed by atoms with Crippen molar-refractivity contribution in [3.8, 4) is 6.07 Å². The van der Waals surface area contributed by atoms with Crippen molar-refractivity contribution in [2.75, 3.05) is 0 Å². The van der Waals surface area contributed by atoms with Crippen LogP contribution in [0.15, 0.2) is 6.07 Å². The summed E-state index contributed by atoms with van der Waals surface area (Å²) in [4.78, 5) is 0. The maximum Gasteiger partial charge on any atom is 0.164 e. The largest absolute Gasteiger partial charge is 0.191 e. The Bertz CT molecular complexity index is 238. The Morgan fingerprint density at radius 3 is 2.78 bits per heavy atom. The standard InChI is InChI=1S/C5H4ClN3/c1-4-2-5(3-7)8-9(4)6/h2H,1H3. The molecule has 0 amide bonds. The fraction of sp³-hybridized carbons (Fsp3) is 0.200. The minimum atomic E-state index is 0.350. The summed E-state index contributed by atoms with van der Waals surface area (Å²) in [5, 5.41) is 11.9. The van der Waals surface area contributed by atoms with E-state index in [1.54, 1.807) is 13.0 Å². The van der Waals surface area contributed by atoms with Crippen molar-refractivity contribution >= 4 is 11.8 Å². The highest BCUT2D eigenvalue weighted by Crippen LogP contribution is 2.01. The normalized spacial score (nSPS) is 9.00. The van der Waals surface area contributed by atoms with Crippen LogP contribution in [0.1, 0.15) is 11.4 Å². The second kappa shape index (κ2) is 2.08. The molecule has 0 saturated heterocycles. The van der Waals surface area contributed by atoms with Gasteiger partial charge in [0.15, 0.2) is 5.69 Å². The average Bonchev–Trinajstić information content (AvgIpc) is 2.13. The number of nitrogens with zero attached hydrogens (tertiary/aromatic N) is 3. The number of nitriles is 1. The maximum atomic E-state index is 8.29. The fourth-order valence-corrected chi connectivity index (χ4v) is 0.638. The van der Waals surface area contributed by atoms with E-state index in [0.717, 1.165) is 9.89 Å². The average molecular weight is 142 g/mol. The first-order valence-corrected chi connectivity index (χ1v) is 2.71. The van der Waals surface area contributed by atoms with Gasteiger partial charge in [-0.05, 0) is 13.0 Å². The number of halogens is 1. The third-order valence-corrected chi connectivity index (χ3v) is 1.29. The molecular formula is C5H4ClN3. The molecule has 0 aromatic carbocycles. The van der Waals surface area contributed by atoms with Gasteiger partial charge in [-0.25, -0.2) is 0 Å². The smallest absolute Gasteiger partial charge is 0.164 e. The van der Waals surface area contributed by atoms with Crippen LogP contribution in [0.4, 0.5) is 0 Å². The molecule has 0 atom stereocenters. The minimum Gasteiger partial charge on any atom is -0.191 e. The summed E-state index contributed by atoms with van der Waals surface area (Å²) in [5.74, 6) is 0. The predicted octanol–water partition coefficient (Wildman–Crippen LogP) is 1.07. The zero-order chi connectivity index (χ0) is 6.85. The molecule has 1 aromatic heterocycles. The van der Waals surface area contributed by atoms with Crippen molar-refractivity contribution in [3.05, 3.63) is 17.5 Å². The molecule has 4 heteroatoms. The lowest BCUT2D eigenvalue weighted by Crippen LogP contribution is -1.83. The van der Waals surface area contributed by atoms with Crippen LogP contribution in [0.2, 0.25) is 0 Å². The van der Waals surface area contributed by atoms with Gasteiger partial charge < -0.3 is 0 Å². The molecular weight excluding hydrogens is 138 g/mol. The fourth-order valence-electron chi connectivity index (χ4n) is 0.508. The van der Waals surface area contributed by atoms with Gasteiger partial charge in [-0.3, -0.25) is 0 Å². The molecule has 0 fully saturated rings. The van der Waals surface area contributed by atoms with Crippen LogP contribution in [-0.2, 0) is 0 Å². The number of hydrogen-bond acceptors (Lipinski definition) is 2. The zero-order valence-electron chi connectivity index (χ0n) is 4.80. The molecule has 9 heavy (non-hydrogen) atoms. The lowest BCUT2D eigenvalue weighted by Gasteiger charge is -1.82. The van der Waals surface area contributed by atoms with Gasteiger partial charge in [-0.1, -0.05) is 0 Å². The number of rotatable bonds is 0. The molecule has 1 aromatic rings. The quantitative estimate of drug-likeness (QED) is 0.542. The Kier molecular flexibility index (Phi) is 1.41. The lowest BCUT2D eigenvalue weighted by atomic mass is 10.4. The number of aryl methyl sites for hydroxylation is 1. The second-order valence-corrected chi connectivity index (χ2v) is 1.96. The summed E-state index contributed by atoms with van der Waals surface area (Å²) in [5.41, 5.74) is 1.12. The molecule has 3 nitrogen and oxygen atoms in total. The molecule has 0 aliphatic carbocycles. The zero-order valence-corrected chi connectivity index (χ0v) is 5.55. The van der Waals surface area contributed by atoms with Crippen molar-refractivity contribution < 1.29 is 0 Å². The summed E-state index contributed by atoms with van der Waals surface area (Å²) in [7, 11) is 0. The van der Waals surface area contributed by atoms with Crippen LogP contribution in [0, 0.1) is 18.3 Å². The third kappa shape index (κ3) is 1.03. The van der Waals surface area contributed by atoms with Gasteiger partial charge in [0.05, 0.1) is 5.69 Å². The Balaban J connectivity index is 3.16.